The fourth-order valence-electron chi connectivity index (χ4n) is 3.08. The zero-order valence-corrected chi connectivity index (χ0v) is 19.5. The molecule has 0 saturated heterocycles. The predicted molar refractivity (Wildman–Crippen MR) is 127 cm³/mol. The van der Waals surface area contributed by atoms with Crippen LogP contribution in [0.1, 0.15) is 11.1 Å². The van der Waals surface area contributed by atoms with Crippen LogP contribution in [0.2, 0.25) is 5.02 Å². The predicted octanol–water partition coefficient (Wildman–Crippen LogP) is 4.35. The first-order valence-corrected chi connectivity index (χ1v) is 11.9. The molecule has 0 radical (unpaired) electrons. The topological polar surface area (TPSA) is 75.7 Å². The summed E-state index contributed by atoms with van der Waals surface area (Å²) in [6.07, 6.45) is 0. The lowest BCUT2D eigenvalue weighted by Crippen LogP contribution is -2.41. The fourth-order valence-corrected chi connectivity index (χ4v) is 4.70. The maximum Gasteiger partial charge on any atom is 0.264 e. The van der Waals surface area contributed by atoms with E-state index < -0.39 is 15.9 Å². The second-order valence-electron chi connectivity index (χ2n) is 7.20. The number of halogens is 1. The van der Waals surface area contributed by atoms with Crippen molar-refractivity contribution in [2.75, 3.05) is 24.0 Å². The molecule has 0 aliphatic heterocycles. The minimum absolute atomic E-state index is 0.0889. The molecule has 0 unspecified atom stereocenters. The maximum atomic E-state index is 13.2. The first-order chi connectivity index (χ1) is 15.3. The van der Waals surface area contributed by atoms with Crippen molar-refractivity contribution in [3.63, 3.8) is 0 Å². The molecule has 168 valence electrons. The number of carbonyl (C=O) groups excluding carboxylic acids is 1. The molecule has 0 heterocycles. The van der Waals surface area contributed by atoms with Crippen LogP contribution in [0, 0.1) is 13.8 Å². The van der Waals surface area contributed by atoms with E-state index in [1.165, 1.54) is 18.2 Å². The van der Waals surface area contributed by atoms with Gasteiger partial charge < -0.3 is 10.1 Å². The summed E-state index contributed by atoms with van der Waals surface area (Å²) in [6.45, 7) is 4.09. The number of ether oxygens (including phenoxy) is 1. The van der Waals surface area contributed by atoms with Crippen LogP contribution in [-0.4, -0.2) is 34.0 Å². The van der Waals surface area contributed by atoms with E-state index in [1.807, 2.05) is 32.0 Å². The molecule has 32 heavy (non-hydrogen) atoms. The van der Waals surface area contributed by atoms with E-state index in [4.69, 9.17) is 16.3 Å². The molecule has 0 aromatic heterocycles. The number of nitrogens with zero attached hydrogens (tertiary/aromatic N) is 1. The lowest BCUT2D eigenvalue weighted by Gasteiger charge is -2.24. The normalized spacial score (nSPS) is 11.1. The van der Waals surface area contributed by atoms with Gasteiger partial charge in [-0.2, -0.15) is 0 Å². The summed E-state index contributed by atoms with van der Waals surface area (Å²) in [6, 6.07) is 20.2. The van der Waals surface area contributed by atoms with Crippen LogP contribution < -0.4 is 14.4 Å². The third-order valence-corrected chi connectivity index (χ3v) is 6.97. The molecular formula is C24H25ClN2O4S. The summed E-state index contributed by atoms with van der Waals surface area (Å²) in [5.41, 5.74) is 2.47. The molecule has 0 aliphatic carbocycles. The Hall–Kier alpha value is -3.03. The second kappa shape index (κ2) is 10.5. The summed E-state index contributed by atoms with van der Waals surface area (Å²) in [5, 5.41) is 3.10. The van der Waals surface area contributed by atoms with E-state index in [1.54, 1.807) is 36.4 Å². The van der Waals surface area contributed by atoms with Gasteiger partial charge in [0.25, 0.3) is 10.0 Å². The molecule has 3 rings (SSSR count). The number of sulfonamides is 1. The number of benzene rings is 3. The Bertz CT molecular complexity index is 1180. The molecule has 3 aromatic carbocycles. The molecule has 6 nitrogen and oxygen atoms in total. The molecule has 0 saturated carbocycles. The molecule has 3 aromatic rings. The quantitative estimate of drug-likeness (QED) is 0.470. The van der Waals surface area contributed by atoms with Gasteiger partial charge in [-0.05, 0) is 61.4 Å². The van der Waals surface area contributed by atoms with Gasteiger partial charge in [-0.1, -0.05) is 48.0 Å². The Balaban J connectivity index is 1.69. The van der Waals surface area contributed by atoms with Crippen molar-refractivity contribution >= 4 is 33.2 Å². The zero-order chi connectivity index (χ0) is 23.1. The Kier molecular flexibility index (Phi) is 7.77. The molecule has 0 bridgehead atoms. The van der Waals surface area contributed by atoms with E-state index >= 15 is 0 Å². The Labute approximate surface area is 193 Å². The molecule has 0 aliphatic rings. The van der Waals surface area contributed by atoms with Crippen LogP contribution in [0.15, 0.2) is 77.7 Å². The van der Waals surface area contributed by atoms with Crippen LogP contribution in [-0.2, 0) is 14.8 Å². The standard InChI is InChI=1S/C24H25ClN2O4S/c1-18-8-6-13-23(19(18)2)31-15-14-26-24(28)17-27(21-10-7-9-20(25)16-21)32(29,30)22-11-4-3-5-12-22/h3-13,16H,14-15,17H2,1-2H3,(H,26,28). The van der Waals surface area contributed by atoms with Crippen molar-refractivity contribution in [3.05, 3.63) is 88.9 Å². The Morgan fingerprint density at radius 1 is 1.00 bits per heavy atom. The third kappa shape index (κ3) is 5.81. The highest BCUT2D eigenvalue weighted by Crippen LogP contribution is 2.26. The van der Waals surface area contributed by atoms with E-state index in [9.17, 15) is 13.2 Å². The van der Waals surface area contributed by atoms with Gasteiger partial charge in [-0.15, -0.1) is 0 Å². The van der Waals surface area contributed by atoms with Crippen molar-refractivity contribution in [1.29, 1.82) is 0 Å². The summed E-state index contributed by atoms with van der Waals surface area (Å²) in [4.78, 5) is 12.7. The minimum Gasteiger partial charge on any atom is -0.491 e. The molecule has 1 amide bonds. The number of carbonyl (C=O) groups is 1. The van der Waals surface area contributed by atoms with Gasteiger partial charge >= 0.3 is 0 Å². The summed E-state index contributed by atoms with van der Waals surface area (Å²) in [7, 11) is -3.97. The Morgan fingerprint density at radius 3 is 2.44 bits per heavy atom. The largest absolute Gasteiger partial charge is 0.491 e. The highest BCUT2D eigenvalue weighted by molar-refractivity contribution is 7.92. The molecule has 1 N–H and O–H groups in total. The number of hydrogen-bond donors (Lipinski definition) is 1. The molecular weight excluding hydrogens is 448 g/mol. The average Bonchev–Trinajstić information content (AvgIpc) is 2.78. The third-order valence-electron chi connectivity index (χ3n) is 4.95. The number of rotatable bonds is 9. The SMILES string of the molecule is Cc1cccc(OCCNC(=O)CN(c2cccc(Cl)c2)S(=O)(=O)c2ccccc2)c1C. The van der Waals surface area contributed by atoms with Crippen LogP contribution >= 0.6 is 11.6 Å². The fraction of sp³-hybridized carbons (Fsp3) is 0.208. The highest BCUT2D eigenvalue weighted by Gasteiger charge is 2.27. The first kappa shape index (κ1) is 23.6. The molecule has 0 fully saturated rings. The van der Waals surface area contributed by atoms with Gasteiger partial charge in [0, 0.05) is 5.02 Å². The first-order valence-electron chi connectivity index (χ1n) is 10.1. The van der Waals surface area contributed by atoms with Gasteiger partial charge in [0.15, 0.2) is 0 Å². The van der Waals surface area contributed by atoms with E-state index in [2.05, 4.69) is 5.32 Å². The number of nitrogens with one attached hydrogen (secondary N) is 1. The van der Waals surface area contributed by atoms with Gasteiger partial charge in [-0.25, -0.2) is 8.42 Å². The lowest BCUT2D eigenvalue weighted by atomic mass is 10.1. The van der Waals surface area contributed by atoms with Gasteiger partial charge in [0.2, 0.25) is 5.91 Å². The monoisotopic (exact) mass is 472 g/mol. The van der Waals surface area contributed by atoms with Crippen molar-refractivity contribution in [2.24, 2.45) is 0 Å². The van der Waals surface area contributed by atoms with E-state index in [0.717, 1.165) is 21.2 Å². The maximum absolute atomic E-state index is 13.2. The molecule has 0 spiro atoms. The van der Waals surface area contributed by atoms with Gasteiger partial charge in [-0.3, -0.25) is 9.10 Å². The van der Waals surface area contributed by atoms with Crippen molar-refractivity contribution in [2.45, 2.75) is 18.7 Å². The zero-order valence-electron chi connectivity index (χ0n) is 17.9. The molecule has 8 heteroatoms. The van der Waals surface area contributed by atoms with Crippen LogP contribution in [0.4, 0.5) is 5.69 Å². The van der Waals surface area contributed by atoms with Crippen LogP contribution in [0.25, 0.3) is 0 Å². The minimum atomic E-state index is -3.97. The van der Waals surface area contributed by atoms with E-state index in [0.29, 0.717) is 10.7 Å². The summed E-state index contributed by atoms with van der Waals surface area (Å²) >= 11 is 6.07. The highest BCUT2D eigenvalue weighted by atomic mass is 35.5. The smallest absolute Gasteiger partial charge is 0.264 e. The summed E-state index contributed by atoms with van der Waals surface area (Å²) < 4.78 is 33.3. The van der Waals surface area contributed by atoms with Crippen LogP contribution in [0.5, 0.6) is 5.75 Å². The Morgan fingerprint density at radius 2 is 1.72 bits per heavy atom. The number of anilines is 1. The second-order valence-corrected chi connectivity index (χ2v) is 9.50. The van der Waals surface area contributed by atoms with Crippen molar-refractivity contribution in [1.82, 2.24) is 5.32 Å². The van der Waals surface area contributed by atoms with Gasteiger partial charge in [0.05, 0.1) is 17.1 Å². The summed E-state index contributed by atoms with van der Waals surface area (Å²) in [5.74, 6) is 0.306. The number of hydrogen-bond acceptors (Lipinski definition) is 4. The lowest BCUT2D eigenvalue weighted by molar-refractivity contribution is -0.119. The van der Waals surface area contributed by atoms with Gasteiger partial charge in [0.1, 0.15) is 18.9 Å². The average molecular weight is 473 g/mol. The van der Waals surface area contributed by atoms with E-state index in [-0.39, 0.29) is 24.6 Å². The number of amides is 1. The van der Waals surface area contributed by atoms with Crippen LogP contribution in [0.3, 0.4) is 0 Å². The number of aryl methyl sites for hydroxylation is 1. The molecule has 0 atom stereocenters. The van der Waals surface area contributed by atoms with Crippen molar-refractivity contribution < 1.29 is 17.9 Å². The van der Waals surface area contributed by atoms with Crippen molar-refractivity contribution in [3.8, 4) is 5.75 Å².